The van der Waals surface area contributed by atoms with Crippen molar-refractivity contribution in [2.24, 2.45) is 0 Å². The van der Waals surface area contributed by atoms with Gasteiger partial charge in [0.15, 0.2) is 0 Å². The van der Waals surface area contributed by atoms with E-state index in [2.05, 4.69) is 0 Å². The summed E-state index contributed by atoms with van der Waals surface area (Å²) in [5.41, 5.74) is -0.681. The molecule has 10 nitrogen and oxygen atoms in total. The van der Waals surface area contributed by atoms with Crippen molar-refractivity contribution in [3.8, 4) is 11.5 Å². The number of amides is 3. The van der Waals surface area contributed by atoms with Crippen LogP contribution in [-0.4, -0.2) is 54.4 Å². The van der Waals surface area contributed by atoms with Crippen LogP contribution < -0.4 is 14.4 Å². The monoisotopic (exact) mass is 425 g/mol. The van der Waals surface area contributed by atoms with Gasteiger partial charge in [-0.2, -0.15) is 0 Å². The Labute approximate surface area is 177 Å². The molecule has 0 aliphatic carbocycles. The van der Waals surface area contributed by atoms with E-state index in [1.807, 2.05) is 0 Å². The maximum absolute atomic E-state index is 13.6. The van der Waals surface area contributed by atoms with Gasteiger partial charge in [0.05, 0.1) is 30.4 Å². The standard InChI is InChI=1S/C21H19N3O7/c1-30-12-10-14(18(24(28)29)17(11-12)31-2)20(26)23-15-7-4-3-6-13(15)19(25)22-9-5-8-16(22)21(23)27/h3-4,6-7,10-11,16H,5,8-9H2,1-2H3/t16-/m0/s1. The van der Waals surface area contributed by atoms with Gasteiger partial charge in [0.1, 0.15) is 17.4 Å². The number of methoxy groups -OCH3 is 2. The molecule has 160 valence electrons. The predicted molar refractivity (Wildman–Crippen MR) is 109 cm³/mol. The number of para-hydroxylation sites is 1. The minimum Gasteiger partial charge on any atom is -0.497 e. The zero-order chi connectivity index (χ0) is 22.3. The van der Waals surface area contributed by atoms with Crippen LogP contribution in [0.25, 0.3) is 0 Å². The molecule has 1 fully saturated rings. The summed E-state index contributed by atoms with van der Waals surface area (Å²) >= 11 is 0. The number of anilines is 1. The maximum atomic E-state index is 13.6. The molecule has 2 heterocycles. The number of hydrogen-bond donors (Lipinski definition) is 0. The zero-order valence-corrected chi connectivity index (χ0v) is 16.9. The third-order valence-corrected chi connectivity index (χ3v) is 5.51. The second kappa shape index (κ2) is 7.71. The molecule has 2 aliphatic heterocycles. The van der Waals surface area contributed by atoms with Crippen LogP contribution in [0.5, 0.6) is 11.5 Å². The number of nitro groups is 1. The Morgan fingerprint density at radius 1 is 1.16 bits per heavy atom. The van der Waals surface area contributed by atoms with Gasteiger partial charge in [-0.05, 0) is 25.0 Å². The Morgan fingerprint density at radius 3 is 2.58 bits per heavy atom. The number of rotatable bonds is 4. The lowest BCUT2D eigenvalue weighted by Gasteiger charge is -2.24. The van der Waals surface area contributed by atoms with Crippen molar-refractivity contribution < 1.29 is 28.8 Å². The topological polar surface area (TPSA) is 119 Å². The van der Waals surface area contributed by atoms with E-state index in [4.69, 9.17) is 9.47 Å². The van der Waals surface area contributed by atoms with Crippen LogP contribution in [0, 0.1) is 10.1 Å². The van der Waals surface area contributed by atoms with Crippen LogP contribution >= 0.6 is 0 Å². The van der Waals surface area contributed by atoms with Crippen LogP contribution in [0.15, 0.2) is 36.4 Å². The fourth-order valence-electron chi connectivity index (χ4n) is 4.08. The third-order valence-electron chi connectivity index (χ3n) is 5.51. The average Bonchev–Trinajstić information content (AvgIpc) is 3.25. The summed E-state index contributed by atoms with van der Waals surface area (Å²) in [6, 6.07) is 7.91. The number of fused-ring (bicyclic) bond motifs is 2. The molecule has 1 saturated heterocycles. The van der Waals surface area contributed by atoms with Crippen molar-refractivity contribution in [1.29, 1.82) is 0 Å². The first-order valence-electron chi connectivity index (χ1n) is 9.57. The molecule has 1 atom stereocenters. The number of carbonyl (C=O) groups is 3. The van der Waals surface area contributed by atoms with Gasteiger partial charge in [-0.1, -0.05) is 12.1 Å². The lowest BCUT2D eigenvalue weighted by molar-refractivity contribution is -0.386. The molecule has 10 heteroatoms. The van der Waals surface area contributed by atoms with Gasteiger partial charge in [0.25, 0.3) is 17.7 Å². The minimum atomic E-state index is -0.928. The fourth-order valence-corrected chi connectivity index (χ4v) is 4.08. The zero-order valence-electron chi connectivity index (χ0n) is 16.9. The molecule has 3 amide bonds. The molecule has 2 aromatic rings. The Bertz CT molecular complexity index is 1110. The average molecular weight is 425 g/mol. The third kappa shape index (κ3) is 3.16. The quantitative estimate of drug-likeness (QED) is 0.419. The number of nitrogens with zero attached hydrogens (tertiary/aromatic N) is 3. The van der Waals surface area contributed by atoms with E-state index < -0.39 is 28.5 Å². The number of nitro benzene ring substituents is 1. The Morgan fingerprint density at radius 2 is 1.90 bits per heavy atom. The molecule has 2 aliphatic rings. The second-order valence-electron chi connectivity index (χ2n) is 7.14. The summed E-state index contributed by atoms with van der Waals surface area (Å²) in [7, 11) is 2.58. The number of imide groups is 1. The van der Waals surface area contributed by atoms with Gasteiger partial charge in [-0.3, -0.25) is 24.5 Å². The first-order chi connectivity index (χ1) is 14.9. The highest BCUT2D eigenvalue weighted by Gasteiger charge is 2.45. The molecule has 0 bridgehead atoms. The van der Waals surface area contributed by atoms with Gasteiger partial charge in [-0.25, -0.2) is 4.90 Å². The van der Waals surface area contributed by atoms with Crippen molar-refractivity contribution >= 4 is 29.1 Å². The largest absolute Gasteiger partial charge is 0.497 e. The van der Waals surface area contributed by atoms with Crippen LogP contribution in [0.2, 0.25) is 0 Å². The summed E-state index contributed by atoms with van der Waals surface area (Å²) in [5.74, 6) is -1.90. The molecule has 2 aromatic carbocycles. The number of ether oxygens (including phenoxy) is 2. The molecular formula is C21H19N3O7. The van der Waals surface area contributed by atoms with Gasteiger partial charge < -0.3 is 14.4 Å². The summed E-state index contributed by atoms with van der Waals surface area (Å²) in [5, 5.41) is 11.8. The molecule has 0 unspecified atom stereocenters. The van der Waals surface area contributed by atoms with E-state index in [-0.39, 0.29) is 34.2 Å². The first kappa shape index (κ1) is 20.3. The first-order valence-corrected chi connectivity index (χ1v) is 9.57. The summed E-state index contributed by atoms with van der Waals surface area (Å²) in [4.78, 5) is 53.5. The van der Waals surface area contributed by atoms with E-state index in [0.29, 0.717) is 19.4 Å². The molecule has 0 radical (unpaired) electrons. The molecule has 0 aromatic heterocycles. The van der Waals surface area contributed by atoms with Crippen molar-refractivity contribution in [2.75, 3.05) is 25.7 Å². The van der Waals surface area contributed by atoms with E-state index in [1.54, 1.807) is 12.1 Å². The molecule has 4 rings (SSSR count). The lowest BCUT2D eigenvalue weighted by Crippen LogP contribution is -2.47. The van der Waals surface area contributed by atoms with Crippen molar-refractivity contribution in [3.05, 3.63) is 57.6 Å². The van der Waals surface area contributed by atoms with E-state index >= 15 is 0 Å². The summed E-state index contributed by atoms with van der Waals surface area (Å²) < 4.78 is 10.3. The molecule has 0 spiro atoms. The Balaban J connectivity index is 1.94. The summed E-state index contributed by atoms with van der Waals surface area (Å²) in [6.45, 7) is 0.402. The Kier molecular flexibility index (Phi) is 5.05. The van der Waals surface area contributed by atoms with Crippen LogP contribution in [0.3, 0.4) is 0 Å². The predicted octanol–water partition coefficient (Wildman–Crippen LogP) is 2.40. The lowest BCUT2D eigenvalue weighted by atomic mass is 10.1. The van der Waals surface area contributed by atoms with Gasteiger partial charge in [0.2, 0.25) is 5.75 Å². The van der Waals surface area contributed by atoms with E-state index in [1.165, 1.54) is 43.4 Å². The van der Waals surface area contributed by atoms with E-state index in [0.717, 1.165) is 4.90 Å². The smallest absolute Gasteiger partial charge is 0.323 e. The van der Waals surface area contributed by atoms with Gasteiger partial charge in [-0.15, -0.1) is 0 Å². The van der Waals surface area contributed by atoms with Crippen molar-refractivity contribution in [3.63, 3.8) is 0 Å². The van der Waals surface area contributed by atoms with Gasteiger partial charge >= 0.3 is 5.69 Å². The molecule has 31 heavy (non-hydrogen) atoms. The van der Waals surface area contributed by atoms with Gasteiger partial charge in [0, 0.05) is 18.7 Å². The number of hydrogen-bond acceptors (Lipinski definition) is 7. The van der Waals surface area contributed by atoms with Crippen molar-refractivity contribution in [1.82, 2.24) is 4.90 Å². The highest BCUT2D eigenvalue weighted by Crippen LogP contribution is 2.39. The number of carbonyl (C=O) groups excluding carboxylic acids is 3. The van der Waals surface area contributed by atoms with E-state index in [9.17, 15) is 24.5 Å². The molecule has 0 saturated carbocycles. The van der Waals surface area contributed by atoms with Crippen LogP contribution in [-0.2, 0) is 4.79 Å². The second-order valence-corrected chi connectivity index (χ2v) is 7.14. The van der Waals surface area contributed by atoms with Crippen molar-refractivity contribution in [2.45, 2.75) is 18.9 Å². The SMILES string of the molecule is COc1cc(OC)c([N+](=O)[O-])c(C(=O)N2C(=O)[C@@H]3CCCN3C(=O)c3ccccc32)c1. The highest BCUT2D eigenvalue weighted by molar-refractivity contribution is 6.27. The fraction of sp³-hybridized carbons (Fsp3) is 0.286. The number of benzene rings is 2. The minimum absolute atomic E-state index is 0.0907. The van der Waals surface area contributed by atoms with Crippen LogP contribution in [0.4, 0.5) is 11.4 Å². The normalized spacial score (nSPS) is 17.7. The maximum Gasteiger partial charge on any atom is 0.323 e. The molecule has 0 N–H and O–H groups in total. The van der Waals surface area contributed by atoms with Crippen LogP contribution in [0.1, 0.15) is 33.6 Å². The highest BCUT2D eigenvalue weighted by atomic mass is 16.6. The summed E-state index contributed by atoms with van der Waals surface area (Å²) in [6.07, 6.45) is 1.03. The Hall–Kier alpha value is -3.95. The molecular weight excluding hydrogens is 406 g/mol.